The van der Waals surface area contributed by atoms with E-state index in [2.05, 4.69) is 17.9 Å². The lowest BCUT2D eigenvalue weighted by atomic mass is 9.81. The monoisotopic (exact) mass is 249 g/mol. The van der Waals surface area contributed by atoms with Crippen molar-refractivity contribution in [2.45, 2.75) is 57.5 Å². The van der Waals surface area contributed by atoms with E-state index in [0.29, 0.717) is 12.1 Å². The number of carbonyl (C=O) groups is 1. The lowest BCUT2D eigenvalue weighted by Gasteiger charge is -2.45. The molecule has 0 spiro atoms. The van der Waals surface area contributed by atoms with Crippen molar-refractivity contribution in [3.05, 3.63) is 0 Å². The highest BCUT2D eigenvalue weighted by molar-refractivity contribution is 5.77. The van der Waals surface area contributed by atoms with Gasteiger partial charge in [-0.25, -0.2) is 0 Å². The Morgan fingerprint density at radius 1 is 1.28 bits per heavy atom. The molecule has 1 saturated heterocycles. The van der Waals surface area contributed by atoms with Gasteiger partial charge in [-0.1, -0.05) is 12.8 Å². The summed E-state index contributed by atoms with van der Waals surface area (Å²) in [5, 5.41) is 9.29. The summed E-state index contributed by atoms with van der Waals surface area (Å²) >= 11 is 0. The fourth-order valence-corrected chi connectivity index (χ4v) is 3.49. The van der Waals surface area contributed by atoms with Crippen LogP contribution in [0.3, 0.4) is 0 Å². The van der Waals surface area contributed by atoms with Gasteiger partial charge in [-0.15, -0.1) is 0 Å². The van der Waals surface area contributed by atoms with Gasteiger partial charge >= 0.3 is 0 Å². The molecule has 2 rings (SSSR count). The number of primary amides is 1. The molecule has 100 valence electrons. The first-order valence-corrected chi connectivity index (χ1v) is 7.08. The van der Waals surface area contributed by atoms with Crippen LogP contribution in [0.4, 0.5) is 0 Å². The van der Waals surface area contributed by atoms with E-state index in [9.17, 15) is 10.1 Å². The fraction of sp³-hybridized carbons (Fsp3) is 0.857. The Kier molecular flexibility index (Phi) is 4.23. The molecule has 4 heteroatoms. The Morgan fingerprint density at radius 3 is 2.67 bits per heavy atom. The molecule has 1 saturated carbocycles. The maximum Gasteiger partial charge on any atom is 0.221 e. The fourth-order valence-electron chi connectivity index (χ4n) is 3.49. The molecule has 1 aliphatic carbocycles. The quantitative estimate of drug-likeness (QED) is 0.809. The van der Waals surface area contributed by atoms with Crippen molar-refractivity contribution in [1.29, 1.82) is 5.26 Å². The van der Waals surface area contributed by atoms with Gasteiger partial charge in [-0.05, 0) is 32.6 Å². The molecule has 0 bridgehead atoms. The number of nitrogens with two attached hydrogens (primary N) is 1. The Labute approximate surface area is 109 Å². The zero-order valence-corrected chi connectivity index (χ0v) is 11.1. The number of rotatable bonds is 2. The maximum atomic E-state index is 11.4. The van der Waals surface area contributed by atoms with E-state index in [1.54, 1.807) is 0 Å². The molecule has 4 atom stereocenters. The standard InChI is InChI=1S/C14H23N3O/c1-10-6-7-12(14(16)18)9-17(10)13-5-3-2-4-11(13)8-15/h10-13H,2-7,9H2,1H3,(H2,16,18). The highest BCUT2D eigenvalue weighted by Crippen LogP contribution is 2.33. The Bertz CT molecular complexity index is 349. The number of nitrogens with zero attached hydrogens (tertiary/aromatic N) is 2. The minimum absolute atomic E-state index is 0.0255. The second-order valence-electron chi connectivity index (χ2n) is 5.81. The Hall–Kier alpha value is -1.08. The van der Waals surface area contributed by atoms with Gasteiger partial charge in [0.25, 0.3) is 0 Å². The van der Waals surface area contributed by atoms with Gasteiger partial charge in [-0.3, -0.25) is 9.69 Å². The molecule has 0 aromatic heterocycles. The van der Waals surface area contributed by atoms with Gasteiger partial charge in [0.1, 0.15) is 0 Å². The van der Waals surface area contributed by atoms with Gasteiger partial charge in [0.05, 0.1) is 17.9 Å². The number of amides is 1. The van der Waals surface area contributed by atoms with Crippen LogP contribution in [0.1, 0.15) is 45.4 Å². The molecular weight excluding hydrogens is 226 g/mol. The van der Waals surface area contributed by atoms with E-state index in [1.807, 2.05) is 0 Å². The van der Waals surface area contributed by atoms with Crippen molar-refractivity contribution in [2.75, 3.05) is 6.54 Å². The normalized spacial score (nSPS) is 38.0. The number of hydrogen-bond acceptors (Lipinski definition) is 3. The van der Waals surface area contributed by atoms with Crippen molar-refractivity contribution in [2.24, 2.45) is 17.6 Å². The molecule has 4 nitrogen and oxygen atoms in total. The number of carbonyl (C=O) groups excluding carboxylic acids is 1. The second kappa shape index (κ2) is 5.71. The van der Waals surface area contributed by atoms with Gasteiger partial charge in [0, 0.05) is 18.6 Å². The Morgan fingerprint density at radius 2 is 2.00 bits per heavy atom. The van der Waals surface area contributed by atoms with Crippen LogP contribution in [0.5, 0.6) is 0 Å². The van der Waals surface area contributed by atoms with Crippen LogP contribution < -0.4 is 5.73 Å². The first-order chi connectivity index (χ1) is 8.63. The number of likely N-dealkylation sites (tertiary alicyclic amines) is 1. The smallest absolute Gasteiger partial charge is 0.221 e. The predicted molar refractivity (Wildman–Crippen MR) is 69.4 cm³/mol. The molecule has 1 amide bonds. The average Bonchev–Trinajstić information content (AvgIpc) is 2.39. The van der Waals surface area contributed by atoms with Crippen LogP contribution >= 0.6 is 0 Å². The summed E-state index contributed by atoms with van der Waals surface area (Å²) in [5.41, 5.74) is 5.44. The van der Waals surface area contributed by atoms with Crippen LogP contribution in [0.15, 0.2) is 0 Å². The summed E-state index contributed by atoms with van der Waals surface area (Å²) < 4.78 is 0. The summed E-state index contributed by atoms with van der Waals surface area (Å²) in [4.78, 5) is 13.8. The summed E-state index contributed by atoms with van der Waals surface area (Å²) in [6.45, 7) is 2.96. The largest absolute Gasteiger partial charge is 0.369 e. The molecule has 0 aromatic rings. The molecule has 1 aliphatic heterocycles. The topological polar surface area (TPSA) is 70.1 Å². The summed E-state index contributed by atoms with van der Waals surface area (Å²) in [7, 11) is 0. The highest BCUT2D eigenvalue weighted by atomic mass is 16.1. The van der Waals surface area contributed by atoms with Crippen LogP contribution in [0.2, 0.25) is 0 Å². The van der Waals surface area contributed by atoms with Crippen LogP contribution in [-0.2, 0) is 4.79 Å². The van der Waals surface area contributed by atoms with Gasteiger partial charge < -0.3 is 5.73 Å². The summed E-state index contributed by atoms with van der Waals surface area (Å²) in [6, 6.07) is 3.26. The minimum Gasteiger partial charge on any atom is -0.369 e. The van der Waals surface area contributed by atoms with Crippen molar-refractivity contribution < 1.29 is 4.79 Å². The van der Waals surface area contributed by atoms with Crippen molar-refractivity contribution in [3.8, 4) is 6.07 Å². The third kappa shape index (κ3) is 2.67. The number of hydrogen-bond donors (Lipinski definition) is 1. The molecule has 2 aliphatic rings. The summed E-state index contributed by atoms with van der Waals surface area (Å²) in [5.74, 6) is -0.0773. The molecular formula is C14H23N3O. The van der Waals surface area contributed by atoms with Crippen molar-refractivity contribution in [1.82, 2.24) is 4.90 Å². The maximum absolute atomic E-state index is 11.4. The van der Waals surface area contributed by atoms with E-state index >= 15 is 0 Å². The minimum atomic E-state index is -0.184. The second-order valence-corrected chi connectivity index (χ2v) is 5.81. The molecule has 0 aromatic carbocycles. The number of nitriles is 1. The van der Waals surface area contributed by atoms with Crippen LogP contribution in [0.25, 0.3) is 0 Å². The first kappa shape index (κ1) is 13.4. The van der Waals surface area contributed by atoms with Crippen molar-refractivity contribution in [3.63, 3.8) is 0 Å². The average molecular weight is 249 g/mol. The molecule has 4 unspecified atom stereocenters. The first-order valence-electron chi connectivity index (χ1n) is 7.08. The predicted octanol–water partition coefficient (Wildman–Crippen LogP) is 1.65. The SMILES string of the molecule is CC1CCC(C(N)=O)CN1C1CCCCC1C#N. The van der Waals surface area contributed by atoms with Gasteiger partial charge in [-0.2, -0.15) is 5.26 Å². The molecule has 2 fully saturated rings. The van der Waals surface area contributed by atoms with E-state index in [-0.39, 0.29) is 17.7 Å². The van der Waals surface area contributed by atoms with E-state index in [1.165, 1.54) is 6.42 Å². The lowest BCUT2D eigenvalue weighted by molar-refractivity contribution is -0.124. The third-order valence-electron chi connectivity index (χ3n) is 4.65. The van der Waals surface area contributed by atoms with Crippen molar-refractivity contribution >= 4 is 5.91 Å². The van der Waals surface area contributed by atoms with Crippen LogP contribution in [-0.4, -0.2) is 29.4 Å². The van der Waals surface area contributed by atoms with E-state index < -0.39 is 0 Å². The number of piperidine rings is 1. The summed E-state index contributed by atoms with van der Waals surface area (Å²) in [6.07, 6.45) is 6.38. The zero-order valence-electron chi connectivity index (χ0n) is 11.1. The van der Waals surface area contributed by atoms with Gasteiger partial charge in [0.2, 0.25) is 5.91 Å². The zero-order chi connectivity index (χ0) is 13.1. The van der Waals surface area contributed by atoms with E-state index in [0.717, 1.165) is 38.6 Å². The Balaban J connectivity index is 2.08. The third-order valence-corrected chi connectivity index (χ3v) is 4.65. The van der Waals surface area contributed by atoms with E-state index in [4.69, 9.17) is 5.73 Å². The van der Waals surface area contributed by atoms with Crippen LogP contribution in [0, 0.1) is 23.2 Å². The van der Waals surface area contributed by atoms with Gasteiger partial charge in [0.15, 0.2) is 0 Å². The molecule has 1 heterocycles. The highest BCUT2D eigenvalue weighted by Gasteiger charge is 2.37. The lowest BCUT2D eigenvalue weighted by Crippen LogP contribution is -2.53. The molecule has 2 N–H and O–H groups in total. The molecule has 18 heavy (non-hydrogen) atoms. The molecule has 0 radical (unpaired) electrons.